The van der Waals surface area contributed by atoms with E-state index in [0.29, 0.717) is 12.1 Å². The van der Waals surface area contributed by atoms with Crippen molar-refractivity contribution in [3.05, 3.63) is 88.5 Å². The van der Waals surface area contributed by atoms with Gasteiger partial charge < -0.3 is 10.1 Å². The first-order valence-corrected chi connectivity index (χ1v) is 12.7. The van der Waals surface area contributed by atoms with E-state index in [1.165, 1.54) is 43.5 Å². The van der Waals surface area contributed by atoms with Crippen molar-refractivity contribution >= 4 is 91.5 Å². The van der Waals surface area contributed by atoms with Gasteiger partial charge in [-0.3, -0.25) is 9.11 Å². The Labute approximate surface area is 248 Å². The van der Waals surface area contributed by atoms with Gasteiger partial charge >= 0.3 is 59.1 Å². The zero-order valence-electron chi connectivity index (χ0n) is 17.5. The molecule has 0 aromatic heterocycles. The quantitative estimate of drug-likeness (QED) is 0.249. The summed E-state index contributed by atoms with van der Waals surface area (Å²) in [5, 5.41) is 3.33. The van der Waals surface area contributed by atoms with Crippen LogP contribution in [-0.2, 0) is 26.8 Å². The van der Waals surface area contributed by atoms with E-state index in [2.05, 4.69) is 5.32 Å². The third kappa shape index (κ3) is 6.85. The number of ether oxygens (including phenoxy) is 1. The van der Waals surface area contributed by atoms with Crippen LogP contribution < -0.4 is 10.1 Å². The van der Waals surface area contributed by atoms with Crippen molar-refractivity contribution in [2.45, 2.75) is 22.4 Å². The Hall–Kier alpha value is -1.02. The predicted octanol–water partition coefficient (Wildman–Crippen LogP) is 2.25. The van der Waals surface area contributed by atoms with Gasteiger partial charge in [0.25, 0.3) is 20.2 Å². The Bertz CT molecular complexity index is 1470. The topological polar surface area (TPSA) is 130 Å². The third-order valence-corrected chi connectivity index (χ3v) is 7.27. The fourth-order valence-corrected chi connectivity index (χ4v) is 5.29. The van der Waals surface area contributed by atoms with Crippen molar-refractivity contribution in [1.29, 1.82) is 0 Å². The van der Waals surface area contributed by atoms with Gasteiger partial charge in [0.2, 0.25) is 0 Å². The molecule has 3 aromatic rings. The van der Waals surface area contributed by atoms with E-state index in [4.69, 9.17) is 4.74 Å². The monoisotopic (exact) mass is 535 g/mol. The second-order valence-electron chi connectivity index (χ2n) is 7.50. The summed E-state index contributed by atoms with van der Waals surface area (Å²) in [5.74, 6) is 0.229. The molecule has 1 unspecified atom stereocenters. The molecule has 8 nitrogen and oxygen atoms in total. The molecule has 4 rings (SSSR count). The normalized spacial score (nSPS) is 15.2. The van der Waals surface area contributed by atoms with Crippen molar-refractivity contribution < 1.29 is 30.7 Å². The van der Waals surface area contributed by atoms with E-state index in [-0.39, 0.29) is 86.9 Å². The summed E-state index contributed by atoms with van der Waals surface area (Å²) in [6.45, 7) is 0.638. The molecule has 0 amide bonds. The van der Waals surface area contributed by atoms with Crippen LogP contribution in [0, 0.1) is 0 Å². The Morgan fingerprint density at radius 2 is 1.43 bits per heavy atom. The standard InChI is InChI=1S/C23H21NO7S2.2Na.2H/c1-31-19-11-10-16(22(13-19)33(28,29)30)7-6-15-8-9-17(12-21(15)32(25,26)27)23-20-5-3-2-4-18(20)14-24-23;;;;/h2-13,23-24H,14H2,1H3,(H,25,26,27)(H,28,29,30);;;;. The van der Waals surface area contributed by atoms with Gasteiger partial charge in [-0.1, -0.05) is 48.6 Å². The summed E-state index contributed by atoms with van der Waals surface area (Å²) in [7, 11) is -7.79. The number of nitrogens with one attached hydrogen (secondary N) is 1. The minimum absolute atomic E-state index is 0. The van der Waals surface area contributed by atoms with Crippen molar-refractivity contribution in [2.24, 2.45) is 0 Å². The molecule has 0 radical (unpaired) electrons. The van der Waals surface area contributed by atoms with Crippen molar-refractivity contribution in [2.75, 3.05) is 7.11 Å². The number of rotatable bonds is 6. The Morgan fingerprint density at radius 3 is 2.03 bits per heavy atom. The van der Waals surface area contributed by atoms with Crippen LogP contribution in [0.15, 0.2) is 70.5 Å². The summed E-state index contributed by atoms with van der Waals surface area (Å²) in [6.07, 6.45) is 2.70. The first kappa shape index (κ1) is 30.2. The number of hydrogen-bond donors (Lipinski definition) is 3. The van der Waals surface area contributed by atoms with Crippen molar-refractivity contribution in [3.63, 3.8) is 0 Å². The molecule has 3 N–H and O–H groups in total. The van der Waals surface area contributed by atoms with E-state index in [0.717, 1.165) is 17.2 Å². The van der Waals surface area contributed by atoms with Gasteiger partial charge in [0.1, 0.15) is 15.5 Å². The second kappa shape index (κ2) is 12.0. The molecule has 0 bridgehead atoms. The minimum atomic E-state index is -4.58. The van der Waals surface area contributed by atoms with Crippen LogP contribution in [0.2, 0.25) is 0 Å². The molecule has 3 aromatic carbocycles. The predicted molar refractivity (Wildman–Crippen MR) is 137 cm³/mol. The van der Waals surface area contributed by atoms with Crippen LogP contribution in [0.3, 0.4) is 0 Å². The molecule has 1 atom stereocenters. The zero-order chi connectivity index (χ0) is 23.8. The maximum atomic E-state index is 12.1. The summed E-state index contributed by atoms with van der Waals surface area (Å²) >= 11 is 0. The molecule has 1 aliphatic heterocycles. The molecule has 12 heteroatoms. The number of fused-ring (bicyclic) bond motifs is 1. The average molecular weight is 536 g/mol. The van der Waals surface area contributed by atoms with Crippen molar-refractivity contribution in [1.82, 2.24) is 5.32 Å². The van der Waals surface area contributed by atoms with Crippen LogP contribution in [-0.4, -0.2) is 92.2 Å². The van der Waals surface area contributed by atoms with Crippen LogP contribution in [0.1, 0.15) is 33.9 Å². The SMILES string of the molecule is COc1ccc(C=Cc2ccc(C3NCc4ccccc43)cc2S(=O)(=O)O)c(S(=O)(=O)O)c1.[NaH].[NaH]. The van der Waals surface area contributed by atoms with Gasteiger partial charge in [0.05, 0.1) is 13.2 Å². The molecule has 35 heavy (non-hydrogen) atoms. The van der Waals surface area contributed by atoms with Gasteiger partial charge in [-0.2, -0.15) is 16.8 Å². The maximum absolute atomic E-state index is 12.1. The summed E-state index contributed by atoms with van der Waals surface area (Å²) in [4.78, 5) is -0.709. The molecule has 176 valence electrons. The molecule has 0 aliphatic carbocycles. The van der Waals surface area contributed by atoms with Crippen molar-refractivity contribution in [3.8, 4) is 5.75 Å². The fourth-order valence-electron chi connectivity index (χ4n) is 3.87. The van der Waals surface area contributed by atoms with E-state index >= 15 is 0 Å². The summed E-state index contributed by atoms with van der Waals surface area (Å²) in [6, 6.07) is 16.3. The van der Waals surface area contributed by atoms with E-state index in [9.17, 15) is 25.9 Å². The van der Waals surface area contributed by atoms with E-state index in [1.54, 1.807) is 6.07 Å². The first-order valence-electron chi connectivity index (χ1n) is 9.84. The van der Waals surface area contributed by atoms with Gasteiger partial charge in [0, 0.05) is 12.6 Å². The van der Waals surface area contributed by atoms with E-state index in [1.807, 2.05) is 24.3 Å². The third-order valence-electron chi connectivity index (χ3n) is 5.45. The Balaban J connectivity index is 0.00000216. The van der Waals surface area contributed by atoms with Crippen LogP contribution in [0.5, 0.6) is 5.75 Å². The number of methoxy groups -OCH3 is 1. The average Bonchev–Trinajstić information content (AvgIpc) is 3.20. The molecule has 0 fully saturated rings. The first-order chi connectivity index (χ1) is 15.6. The summed E-state index contributed by atoms with van der Waals surface area (Å²) < 4.78 is 72.2. The molecule has 0 spiro atoms. The molecular formula is C23H23NNa2O7S2. The van der Waals surface area contributed by atoms with Crippen LogP contribution in [0.25, 0.3) is 12.2 Å². The van der Waals surface area contributed by atoms with Crippen LogP contribution >= 0.6 is 0 Å². The number of benzene rings is 3. The van der Waals surface area contributed by atoms with Crippen LogP contribution in [0.4, 0.5) is 0 Å². The van der Waals surface area contributed by atoms with E-state index < -0.39 is 25.1 Å². The molecular weight excluding hydrogens is 512 g/mol. The molecule has 1 heterocycles. The molecule has 1 aliphatic rings. The van der Waals surface area contributed by atoms with Gasteiger partial charge in [0.15, 0.2) is 0 Å². The summed E-state index contributed by atoms with van der Waals surface area (Å²) in [5.41, 5.74) is 3.07. The molecule has 0 saturated heterocycles. The Morgan fingerprint density at radius 1 is 0.857 bits per heavy atom. The van der Waals surface area contributed by atoms with Gasteiger partial charge in [-0.15, -0.1) is 0 Å². The molecule has 0 saturated carbocycles. The fraction of sp³-hybridized carbons (Fsp3) is 0.130. The zero-order valence-corrected chi connectivity index (χ0v) is 19.1. The second-order valence-corrected chi connectivity index (χ2v) is 10.3. The van der Waals surface area contributed by atoms with Gasteiger partial charge in [-0.25, -0.2) is 0 Å². The van der Waals surface area contributed by atoms with Gasteiger partial charge in [-0.05, 0) is 46.0 Å². The number of hydrogen-bond acceptors (Lipinski definition) is 6. The Kier molecular flexibility index (Phi) is 10.4.